The van der Waals surface area contributed by atoms with Crippen molar-refractivity contribution in [3.8, 4) is 0 Å². The van der Waals surface area contributed by atoms with Crippen molar-refractivity contribution in [1.29, 1.82) is 0 Å². The highest BCUT2D eigenvalue weighted by molar-refractivity contribution is 5.99. The van der Waals surface area contributed by atoms with Gasteiger partial charge in [-0.2, -0.15) is 0 Å². The van der Waals surface area contributed by atoms with Crippen LogP contribution in [-0.4, -0.2) is 5.78 Å². The molecule has 0 saturated heterocycles. The summed E-state index contributed by atoms with van der Waals surface area (Å²) in [6.45, 7) is 6.52. The molecule has 1 aromatic carbocycles. The predicted molar refractivity (Wildman–Crippen MR) is 71.4 cm³/mol. The molecule has 1 fully saturated rings. The van der Waals surface area contributed by atoms with Crippen LogP contribution in [0.5, 0.6) is 0 Å². The average Bonchev–Trinajstić information content (AvgIpc) is 2.80. The fourth-order valence-electron chi connectivity index (χ4n) is 2.76. The maximum atomic E-state index is 12.5. The molecule has 1 aliphatic carbocycles. The number of hydrogen-bond acceptors (Lipinski definition) is 1. The average molecular weight is 230 g/mol. The lowest BCUT2D eigenvalue weighted by Crippen LogP contribution is -2.20. The summed E-state index contributed by atoms with van der Waals surface area (Å²) >= 11 is 0. The van der Waals surface area contributed by atoms with Crippen LogP contribution in [0.15, 0.2) is 24.3 Å². The fourth-order valence-corrected chi connectivity index (χ4v) is 2.76. The summed E-state index contributed by atoms with van der Waals surface area (Å²) in [6.07, 6.45) is 4.59. The van der Waals surface area contributed by atoms with Crippen molar-refractivity contribution in [1.82, 2.24) is 0 Å². The number of ketones is 1. The maximum Gasteiger partial charge on any atom is 0.166 e. The second-order valence-electron chi connectivity index (χ2n) is 6.14. The van der Waals surface area contributed by atoms with Crippen molar-refractivity contribution in [2.24, 2.45) is 5.92 Å². The molecule has 0 spiro atoms. The number of rotatable bonds is 2. The summed E-state index contributed by atoms with van der Waals surface area (Å²) in [4.78, 5) is 12.5. The minimum atomic E-state index is 0.0465. The molecule has 0 N–H and O–H groups in total. The van der Waals surface area contributed by atoms with Crippen molar-refractivity contribution in [2.45, 2.75) is 51.9 Å². The van der Waals surface area contributed by atoms with Gasteiger partial charge in [0, 0.05) is 11.5 Å². The number of carbonyl (C=O) groups excluding carboxylic acids is 1. The van der Waals surface area contributed by atoms with Crippen LogP contribution >= 0.6 is 0 Å². The van der Waals surface area contributed by atoms with E-state index in [9.17, 15) is 4.79 Å². The molecule has 0 bridgehead atoms. The normalized spacial score (nSPS) is 17.4. The first-order valence-electron chi connectivity index (χ1n) is 6.64. The zero-order valence-corrected chi connectivity index (χ0v) is 11.1. The van der Waals surface area contributed by atoms with Crippen LogP contribution in [0.1, 0.15) is 62.4 Å². The van der Waals surface area contributed by atoms with E-state index in [1.54, 1.807) is 0 Å². The van der Waals surface area contributed by atoms with Gasteiger partial charge in [-0.1, -0.05) is 57.9 Å². The molecule has 1 aromatic rings. The van der Waals surface area contributed by atoms with E-state index in [1.165, 1.54) is 18.4 Å². The number of Topliss-reactive ketones (excluding diaryl/α,β-unsaturated/α-hetero) is 1. The van der Waals surface area contributed by atoms with Crippen LogP contribution in [0.2, 0.25) is 0 Å². The van der Waals surface area contributed by atoms with E-state index < -0.39 is 0 Å². The van der Waals surface area contributed by atoms with Gasteiger partial charge in [-0.05, 0) is 23.8 Å². The number of benzene rings is 1. The van der Waals surface area contributed by atoms with Crippen molar-refractivity contribution in [3.63, 3.8) is 0 Å². The molecule has 17 heavy (non-hydrogen) atoms. The van der Waals surface area contributed by atoms with Gasteiger partial charge >= 0.3 is 0 Å². The van der Waals surface area contributed by atoms with Crippen LogP contribution < -0.4 is 0 Å². The Hall–Kier alpha value is -1.11. The summed E-state index contributed by atoms with van der Waals surface area (Å²) in [7, 11) is 0. The Kier molecular flexibility index (Phi) is 3.37. The molecule has 1 aliphatic rings. The highest BCUT2D eigenvalue weighted by atomic mass is 16.1. The zero-order chi connectivity index (χ0) is 12.5. The minimum absolute atomic E-state index is 0.0465. The van der Waals surface area contributed by atoms with Gasteiger partial charge < -0.3 is 0 Å². The van der Waals surface area contributed by atoms with Crippen molar-refractivity contribution < 1.29 is 4.79 Å². The third-order valence-electron chi connectivity index (χ3n) is 3.73. The van der Waals surface area contributed by atoms with Crippen LogP contribution in [0.3, 0.4) is 0 Å². The van der Waals surface area contributed by atoms with Gasteiger partial charge in [0.2, 0.25) is 0 Å². The summed E-state index contributed by atoms with van der Waals surface area (Å²) in [5.74, 6) is 0.645. The molecule has 0 heterocycles. The summed E-state index contributed by atoms with van der Waals surface area (Å²) in [5, 5.41) is 0. The molecule has 0 aliphatic heterocycles. The van der Waals surface area contributed by atoms with Crippen LogP contribution in [0.25, 0.3) is 0 Å². The smallest absolute Gasteiger partial charge is 0.166 e. The highest BCUT2D eigenvalue weighted by Crippen LogP contribution is 2.32. The zero-order valence-electron chi connectivity index (χ0n) is 11.1. The summed E-state index contributed by atoms with van der Waals surface area (Å²) in [5.41, 5.74) is 2.19. The number of carbonyl (C=O) groups is 1. The van der Waals surface area contributed by atoms with Crippen molar-refractivity contribution in [3.05, 3.63) is 35.4 Å². The summed E-state index contributed by atoms with van der Waals surface area (Å²) in [6, 6.07) is 8.12. The van der Waals surface area contributed by atoms with E-state index in [4.69, 9.17) is 0 Å². The summed E-state index contributed by atoms with van der Waals surface area (Å²) < 4.78 is 0. The molecule has 1 saturated carbocycles. The van der Waals surface area contributed by atoms with Crippen LogP contribution in [-0.2, 0) is 5.41 Å². The molecule has 0 amide bonds. The van der Waals surface area contributed by atoms with E-state index in [2.05, 4.69) is 26.8 Å². The van der Waals surface area contributed by atoms with E-state index in [0.29, 0.717) is 5.78 Å². The predicted octanol–water partition coefficient (Wildman–Crippen LogP) is 4.36. The van der Waals surface area contributed by atoms with Crippen LogP contribution in [0, 0.1) is 5.92 Å². The Morgan fingerprint density at radius 3 is 2.29 bits per heavy atom. The molecular formula is C16H22O. The highest BCUT2D eigenvalue weighted by Gasteiger charge is 2.28. The topological polar surface area (TPSA) is 17.1 Å². The van der Waals surface area contributed by atoms with Gasteiger partial charge in [-0.3, -0.25) is 4.79 Å². The second-order valence-corrected chi connectivity index (χ2v) is 6.14. The number of hydrogen-bond donors (Lipinski definition) is 0. The van der Waals surface area contributed by atoms with Crippen LogP contribution in [0.4, 0.5) is 0 Å². The van der Waals surface area contributed by atoms with Gasteiger partial charge in [0.1, 0.15) is 0 Å². The van der Waals surface area contributed by atoms with Crippen molar-refractivity contribution in [2.75, 3.05) is 0 Å². The second kappa shape index (κ2) is 4.64. The molecule has 1 nitrogen and oxygen atoms in total. The Morgan fingerprint density at radius 1 is 1.12 bits per heavy atom. The largest absolute Gasteiger partial charge is 0.294 e. The Labute approximate surface area is 104 Å². The molecule has 0 aromatic heterocycles. The molecular weight excluding hydrogens is 208 g/mol. The maximum absolute atomic E-state index is 12.5. The lowest BCUT2D eigenvalue weighted by molar-refractivity contribution is 0.0920. The lowest BCUT2D eigenvalue weighted by Gasteiger charge is -2.23. The molecule has 0 radical (unpaired) electrons. The fraction of sp³-hybridized carbons (Fsp3) is 0.562. The van der Waals surface area contributed by atoms with E-state index in [0.717, 1.165) is 18.4 Å². The Morgan fingerprint density at radius 2 is 1.71 bits per heavy atom. The standard InChI is InChI=1S/C16H22O/c1-16(2,3)14-11-7-6-10-13(14)15(17)12-8-4-5-9-12/h6-7,10-12H,4-5,8-9H2,1-3H3. The molecule has 92 valence electrons. The van der Waals surface area contributed by atoms with Gasteiger partial charge in [0.05, 0.1) is 0 Å². The first-order chi connectivity index (χ1) is 8.00. The molecule has 0 atom stereocenters. The molecule has 0 unspecified atom stereocenters. The monoisotopic (exact) mass is 230 g/mol. The minimum Gasteiger partial charge on any atom is -0.294 e. The quantitative estimate of drug-likeness (QED) is 0.690. The third-order valence-corrected chi connectivity index (χ3v) is 3.73. The molecule has 2 rings (SSSR count). The third kappa shape index (κ3) is 2.59. The Bertz CT molecular complexity index is 406. The lowest BCUT2D eigenvalue weighted by atomic mass is 9.80. The Balaban J connectivity index is 2.34. The SMILES string of the molecule is CC(C)(C)c1ccccc1C(=O)C1CCCC1. The van der Waals surface area contributed by atoms with E-state index in [1.807, 2.05) is 18.2 Å². The van der Waals surface area contributed by atoms with Gasteiger partial charge in [-0.15, -0.1) is 0 Å². The van der Waals surface area contributed by atoms with Gasteiger partial charge in [-0.25, -0.2) is 0 Å². The van der Waals surface area contributed by atoms with E-state index in [-0.39, 0.29) is 11.3 Å². The van der Waals surface area contributed by atoms with E-state index >= 15 is 0 Å². The van der Waals surface area contributed by atoms with Gasteiger partial charge in [0.15, 0.2) is 5.78 Å². The first-order valence-corrected chi connectivity index (χ1v) is 6.64. The van der Waals surface area contributed by atoms with Gasteiger partial charge in [0.25, 0.3) is 0 Å². The van der Waals surface area contributed by atoms with Crippen molar-refractivity contribution >= 4 is 5.78 Å². The molecule has 1 heteroatoms. The first kappa shape index (κ1) is 12.3.